The Hall–Kier alpha value is -0.900. The lowest BCUT2D eigenvalue weighted by molar-refractivity contribution is -0.153. The summed E-state index contributed by atoms with van der Waals surface area (Å²) in [4.78, 5) is 23.9. The van der Waals surface area contributed by atoms with E-state index < -0.39 is 5.92 Å². The predicted octanol–water partition coefficient (Wildman–Crippen LogP) is 1.14. The number of methoxy groups -OCH3 is 1. The van der Waals surface area contributed by atoms with Crippen molar-refractivity contribution in [2.75, 3.05) is 20.2 Å². The molecule has 0 aromatic heterocycles. The van der Waals surface area contributed by atoms with Crippen molar-refractivity contribution < 1.29 is 14.3 Å². The molecule has 1 heterocycles. The molecule has 1 spiro atoms. The molecule has 4 nitrogen and oxygen atoms in total. The first-order valence-electron chi connectivity index (χ1n) is 6.43. The predicted molar refractivity (Wildman–Crippen MR) is 63.4 cm³/mol. The van der Waals surface area contributed by atoms with Gasteiger partial charge in [-0.3, -0.25) is 9.59 Å². The van der Waals surface area contributed by atoms with Gasteiger partial charge in [0.2, 0.25) is 0 Å². The molecule has 4 heteroatoms. The van der Waals surface area contributed by atoms with Gasteiger partial charge in [-0.15, -0.1) is 0 Å². The highest BCUT2D eigenvalue weighted by molar-refractivity contribution is 6.01. The summed E-state index contributed by atoms with van der Waals surface area (Å²) in [6.07, 6.45) is 3.41. The highest BCUT2D eigenvalue weighted by Gasteiger charge is 2.56. The molecule has 1 saturated heterocycles. The molecule has 0 bridgehead atoms. The molecule has 0 aromatic carbocycles. The molecule has 1 aliphatic carbocycles. The second-order valence-corrected chi connectivity index (χ2v) is 5.36. The Kier molecular flexibility index (Phi) is 3.52. The van der Waals surface area contributed by atoms with Crippen LogP contribution in [0.25, 0.3) is 0 Å². The van der Waals surface area contributed by atoms with Crippen molar-refractivity contribution in [1.29, 1.82) is 0 Å². The lowest BCUT2D eigenvalue weighted by Gasteiger charge is -2.35. The van der Waals surface area contributed by atoms with Crippen molar-refractivity contribution in [3.05, 3.63) is 0 Å². The second kappa shape index (κ2) is 4.77. The summed E-state index contributed by atoms with van der Waals surface area (Å²) in [6.45, 7) is 3.98. The number of nitrogens with one attached hydrogen (secondary N) is 1. The third-order valence-corrected chi connectivity index (χ3v) is 4.59. The van der Waals surface area contributed by atoms with Crippen LogP contribution in [0.5, 0.6) is 0 Å². The molecule has 1 N–H and O–H groups in total. The standard InChI is InChI=1S/C13H21NO3/c1-9-8-10(15)11(12(16)17-2)13(9)4-3-6-14-7-5-13/h9,11,14H,3-8H2,1-2H3. The largest absolute Gasteiger partial charge is 0.468 e. The van der Waals surface area contributed by atoms with E-state index in [9.17, 15) is 9.59 Å². The van der Waals surface area contributed by atoms with E-state index in [1.807, 2.05) is 0 Å². The number of rotatable bonds is 1. The molecule has 96 valence electrons. The van der Waals surface area contributed by atoms with Gasteiger partial charge in [-0.25, -0.2) is 0 Å². The Bertz CT molecular complexity index is 311. The zero-order valence-corrected chi connectivity index (χ0v) is 10.6. The van der Waals surface area contributed by atoms with Crippen molar-refractivity contribution in [3.8, 4) is 0 Å². The molecule has 1 saturated carbocycles. The Morgan fingerprint density at radius 2 is 2.18 bits per heavy atom. The van der Waals surface area contributed by atoms with Gasteiger partial charge < -0.3 is 10.1 Å². The zero-order valence-electron chi connectivity index (χ0n) is 10.6. The van der Waals surface area contributed by atoms with Crippen molar-refractivity contribution in [2.45, 2.75) is 32.6 Å². The van der Waals surface area contributed by atoms with E-state index in [-0.39, 0.29) is 17.2 Å². The number of esters is 1. The molecule has 2 fully saturated rings. The number of Topliss-reactive ketones (excluding diaryl/α,β-unsaturated/α-hetero) is 1. The molecular weight excluding hydrogens is 218 g/mol. The van der Waals surface area contributed by atoms with Crippen molar-refractivity contribution >= 4 is 11.8 Å². The average molecular weight is 239 g/mol. The number of carbonyl (C=O) groups excluding carboxylic acids is 2. The zero-order chi connectivity index (χ0) is 12.5. The van der Waals surface area contributed by atoms with E-state index in [1.165, 1.54) is 7.11 Å². The Morgan fingerprint density at radius 3 is 2.88 bits per heavy atom. The molecule has 3 unspecified atom stereocenters. The third-order valence-electron chi connectivity index (χ3n) is 4.59. The van der Waals surface area contributed by atoms with Crippen LogP contribution in [-0.2, 0) is 14.3 Å². The van der Waals surface area contributed by atoms with Gasteiger partial charge in [0.1, 0.15) is 11.7 Å². The van der Waals surface area contributed by atoms with Gasteiger partial charge in [-0.2, -0.15) is 0 Å². The molecule has 2 aliphatic rings. The molecule has 3 atom stereocenters. The van der Waals surface area contributed by atoms with Gasteiger partial charge in [0.15, 0.2) is 0 Å². The summed E-state index contributed by atoms with van der Waals surface area (Å²) in [5.74, 6) is -0.492. The highest BCUT2D eigenvalue weighted by atomic mass is 16.5. The van der Waals surface area contributed by atoms with Crippen LogP contribution in [0.3, 0.4) is 0 Å². The van der Waals surface area contributed by atoms with E-state index in [0.29, 0.717) is 12.3 Å². The topological polar surface area (TPSA) is 55.4 Å². The number of carbonyl (C=O) groups is 2. The minimum atomic E-state index is -0.526. The number of ketones is 1. The van der Waals surface area contributed by atoms with Crippen LogP contribution >= 0.6 is 0 Å². The average Bonchev–Trinajstić information content (AvgIpc) is 2.49. The summed E-state index contributed by atoms with van der Waals surface area (Å²) in [6, 6.07) is 0. The lowest BCUT2D eigenvalue weighted by Crippen LogP contribution is -2.39. The minimum absolute atomic E-state index is 0.0752. The SMILES string of the molecule is COC(=O)C1C(=O)CC(C)C12CCCNCC2. The summed E-state index contributed by atoms with van der Waals surface area (Å²) >= 11 is 0. The van der Waals surface area contributed by atoms with E-state index in [1.54, 1.807) is 0 Å². The molecule has 0 amide bonds. The van der Waals surface area contributed by atoms with Crippen LogP contribution in [0.1, 0.15) is 32.6 Å². The van der Waals surface area contributed by atoms with E-state index in [4.69, 9.17) is 4.74 Å². The van der Waals surface area contributed by atoms with Crippen LogP contribution in [-0.4, -0.2) is 32.0 Å². The molecule has 0 radical (unpaired) electrons. The number of ether oxygens (including phenoxy) is 1. The quantitative estimate of drug-likeness (QED) is 0.551. The second-order valence-electron chi connectivity index (χ2n) is 5.36. The summed E-state index contributed by atoms with van der Waals surface area (Å²) in [7, 11) is 1.38. The van der Waals surface area contributed by atoms with Crippen LogP contribution in [0, 0.1) is 17.3 Å². The Balaban J connectivity index is 2.32. The molecular formula is C13H21NO3. The fourth-order valence-electron chi connectivity index (χ4n) is 3.61. The Labute approximate surface area is 102 Å². The van der Waals surface area contributed by atoms with Crippen LogP contribution in [0.2, 0.25) is 0 Å². The number of hydrogen-bond acceptors (Lipinski definition) is 4. The van der Waals surface area contributed by atoms with Crippen LogP contribution in [0.4, 0.5) is 0 Å². The maximum Gasteiger partial charge on any atom is 0.316 e. The van der Waals surface area contributed by atoms with Gasteiger partial charge in [0.25, 0.3) is 0 Å². The smallest absolute Gasteiger partial charge is 0.316 e. The van der Waals surface area contributed by atoms with E-state index >= 15 is 0 Å². The van der Waals surface area contributed by atoms with Crippen molar-refractivity contribution in [2.24, 2.45) is 17.3 Å². The summed E-state index contributed by atoms with van der Waals surface area (Å²) < 4.78 is 4.84. The monoisotopic (exact) mass is 239 g/mol. The minimum Gasteiger partial charge on any atom is -0.468 e. The fraction of sp³-hybridized carbons (Fsp3) is 0.846. The van der Waals surface area contributed by atoms with Gasteiger partial charge in [0, 0.05) is 6.42 Å². The molecule has 0 aromatic rings. The highest BCUT2D eigenvalue weighted by Crippen LogP contribution is 2.52. The number of hydrogen-bond donors (Lipinski definition) is 1. The fourth-order valence-corrected chi connectivity index (χ4v) is 3.61. The maximum atomic E-state index is 12.0. The first-order valence-corrected chi connectivity index (χ1v) is 6.43. The first kappa shape index (κ1) is 12.6. The van der Waals surface area contributed by atoms with Crippen LogP contribution < -0.4 is 5.32 Å². The first-order chi connectivity index (χ1) is 8.12. The Morgan fingerprint density at radius 1 is 1.41 bits per heavy atom. The van der Waals surface area contributed by atoms with Crippen molar-refractivity contribution in [1.82, 2.24) is 5.32 Å². The van der Waals surface area contributed by atoms with Gasteiger partial charge >= 0.3 is 5.97 Å². The summed E-state index contributed by atoms with van der Waals surface area (Å²) in [5.41, 5.74) is -0.159. The maximum absolute atomic E-state index is 12.0. The lowest BCUT2D eigenvalue weighted by atomic mass is 9.67. The molecule has 1 aliphatic heterocycles. The molecule has 17 heavy (non-hydrogen) atoms. The normalized spacial score (nSPS) is 38.1. The van der Waals surface area contributed by atoms with Gasteiger partial charge in [-0.05, 0) is 43.7 Å². The van der Waals surface area contributed by atoms with Crippen molar-refractivity contribution in [3.63, 3.8) is 0 Å². The van der Waals surface area contributed by atoms with E-state index in [0.717, 1.165) is 32.4 Å². The van der Waals surface area contributed by atoms with Gasteiger partial charge in [-0.1, -0.05) is 6.92 Å². The van der Waals surface area contributed by atoms with Gasteiger partial charge in [0.05, 0.1) is 7.11 Å². The molecule has 2 rings (SSSR count). The third kappa shape index (κ3) is 1.99. The van der Waals surface area contributed by atoms with Crippen LogP contribution in [0.15, 0.2) is 0 Å². The summed E-state index contributed by atoms with van der Waals surface area (Å²) in [5, 5.41) is 3.35. The van der Waals surface area contributed by atoms with E-state index in [2.05, 4.69) is 12.2 Å².